The standard InChI is InChI=1S/C12H18O7.C11H16O4/c1-3-19-11(18)12(8(2)13,6-4-9(14)15)7-5-10(16)17;1-3-15-10(14)11(8(2)12)6-4-9(13)5-7-11/h3-7H2,1-2H3,(H,14,15)(H,16,17);3-7H2,1-2H3. The van der Waals surface area contributed by atoms with Crippen LogP contribution in [0.3, 0.4) is 0 Å². The van der Waals surface area contributed by atoms with E-state index >= 15 is 0 Å². The second-order valence-corrected chi connectivity index (χ2v) is 8.04. The van der Waals surface area contributed by atoms with Gasteiger partial charge in [0.15, 0.2) is 0 Å². The molecule has 0 unspecified atom stereocenters. The first-order valence-corrected chi connectivity index (χ1v) is 11.1. The summed E-state index contributed by atoms with van der Waals surface area (Å²) in [5, 5.41) is 17.3. The fourth-order valence-corrected chi connectivity index (χ4v) is 3.66. The van der Waals surface area contributed by atoms with Crippen molar-refractivity contribution in [1.82, 2.24) is 0 Å². The van der Waals surface area contributed by atoms with Crippen molar-refractivity contribution in [3.05, 3.63) is 0 Å². The highest BCUT2D eigenvalue weighted by Gasteiger charge is 2.47. The highest BCUT2D eigenvalue weighted by atomic mass is 16.5. The van der Waals surface area contributed by atoms with Crippen LogP contribution in [0.1, 0.15) is 79.1 Å². The number of hydrogen-bond acceptors (Lipinski definition) is 9. The predicted octanol–water partition coefficient (Wildman–Crippen LogP) is 2.12. The molecule has 0 aliphatic heterocycles. The van der Waals surface area contributed by atoms with E-state index in [1.54, 1.807) is 13.8 Å². The molecule has 0 heterocycles. The minimum Gasteiger partial charge on any atom is -0.481 e. The molecular weight excluding hydrogens is 452 g/mol. The van der Waals surface area contributed by atoms with Crippen molar-refractivity contribution >= 4 is 41.2 Å². The van der Waals surface area contributed by atoms with Crippen LogP contribution in [0, 0.1) is 10.8 Å². The lowest BCUT2D eigenvalue weighted by Gasteiger charge is -2.31. The number of Topliss-reactive ketones (excluding diaryl/α,β-unsaturated/α-hetero) is 3. The lowest BCUT2D eigenvalue weighted by atomic mass is 9.71. The molecule has 0 aromatic rings. The zero-order chi connectivity index (χ0) is 26.5. The van der Waals surface area contributed by atoms with Crippen molar-refractivity contribution in [1.29, 1.82) is 0 Å². The summed E-state index contributed by atoms with van der Waals surface area (Å²) in [4.78, 5) is 79.2. The Balaban J connectivity index is 0.000000657. The molecule has 0 atom stereocenters. The second kappa shape index (κ2) is 14.2. The molecule has 0 radical (unpaired) electrons. The van der Waals surface area contributed by atoms with Gasteiger partial charge in [0.05, 0.1) is 13.2 Å². The normalized spacial score (nSPS) is 14.8. The van der Waals surface area contributed by atoms with Crippen LogP contribution in [0.2, 0.25) is 0 Å². The molecule has 192 valence electrons. The van der Waals surface area contributed by atoms with Gasteiger partial charge in [-0.1, -0.05) is 0 Å². The molecule has 1 saturated carbocycles. The summed E-state index contributed by atoms with van der Waals surface area (Å²) in [5.74, 6) is -4.29. The minimum atomic E-state index is -1.69. The molecule has 1 aliphatic rings. The maximum Gasteiger partial charge on any atom is 0.319 e. The number of carbonyl (C=O) groups is 7. The Labute approximate surface area is 198 Å². The lowest BCUT2D eigenvalue weighted by Crippen LogP contribution is -2.42. The summed E-state index contributed by atoms with van der Waals surface area (Å²) >= 11 is 0. The van der Waals surface area contributed by atoms with Gasteiger partial charge < -0.3 is 19.7 Å². The van der Waals surface area contributed by atoms with Gasteiger partial charge in [-0.2, -0.15) is 0 Å². The Kier molecular flexibility index (Phi) is 12.9. The Hall–Kier alpha value is -3.11. The second-order valence-electron chi connectivity index (χ2n) is 8.04. The van der Waals surface area contributed by atoms with Crippen LogP contribution < -0.4 is 0 Å². The molecular formula is C23H34O11. The summed E-state index contributed by atoms with van der Waals surface area (Å²) < 4.78 is 9.70. The maximum absolute atomic E-state index is 11.9. The third-order valence-corrected chi connectivity index (χ3v) is 5.87. The molecule has 0 amide bonds. The molecule has 34 heavy (non-hydrogen) atoms. The van der Waals surface area contributed by atoms with Crippen molar-refractivity contribution in [2.75, 3.05) is 13.2 Å². The van der Waals surface area contributed by atoms with Crippen molar-refractivity contribution in [3.8, 4) is 0 Å². The molecule has 11 nitrogen and oxygen atoms in total. The van der Waals surface area contributed by atoms with Gasteiger partial charge in [-0.3, -0.25) is 33.6 Å². The maximum atomic E-state index is 11.9. The van der Waals surface area contributed by atoms with Gasteiger partial charge in [-0.15, -0.1) is 0 Å². The van der Waals surface area contributed by atoms with E-state index in [4.69, 9.17) is 19.7 Å². The van der Waals surface area contributed by atoms with Crippen molar-refractivity contribution in [2.45, 2.75) is 79.1 Å². The van der Waals surface area contributed by atoms with Crippen LogP contribution in [-0.4, -0.2) is 64.7 Å². The summed E-state index contributed by atoms with van der Waals surface area (Å²) in [6.45, 7) is 6.10. The largest absolute Gasteiger partial charge is 0.481 e. The number of hydrogen-bond donors (Lipinski definition) is 2. The number of carboxylic acids is 2. The van der Waals surface area contributed by atoms with Gasteiger partial charge >= 0.3 is 23.9 Å². The monoisotopic (exact) mass is 486 g/mol. The third-order valence-electron chi connectivity index (χ3n) is 5.87. The Morgan fingerprint density at radius 2 is 1.29 bits per heavy atom. The van der Waals surface area contributed by atoms with Gasteiger partial charge in [0.25, 0.3) is 0 Å². The zero-order valence-electron chi connectivity index (χ0n) is 20.1. The molecule has 0 aromatic heterocycles. The van der Waals surface area contributed by atoms with E-state index in [0.29, 0.717) is 25.7 Å². The lowest BCUT2D eigenvalue weighted by molar-refractivity contribution is -0.164. The zero-order valence-corrected chi connectivity index (χ0v) is 20.1. The van der Waals surface area contributed by atoms with Crippen LogP contribution in [0.4, 0.5) is 0 Å². The molecule has 11 heteroatoms. The number of esters is 2. The van der Waals surface area contributed by atoms with Crippen LogP contribution >= 0.6 is 0 Å². The van der Waals surface area contributed by atoms with Crippen molar-refractivity contribution < 1.29 is 53.2 Å². The summed E-state index contributed by atoms with van der Waals surface area (Å²) in [6.07, 6.45) is -0.111. The fraction of sp³-hybridized carbons (Fsp3) is 0.696. The number of ketones is 3. The van der Waals surface area contributed by atoms with Gasteiger partial charge in [0.1, 0.15) is 28.2 Å². The number of carbonyl (C=O) groups excluding carboxylic acids is 5. The summed E-state index contributed by atoms with van der Waals surface area (Å²) in [7, 11) is 0. The molecule has 2 N–H and O–H groups in total. The topological polar surface area (TPSA) is 178 Å². The van der Waals surface area contributed by atoms with E-state index in [-0.39, 0.29) is 37.6 Å². The van der Waals surface area contributed by atoms with Gasteiger partial charge in [0, 0.05) is 25.7 Å². The molecule has 0 saturated heterocycles. The van der Waals surface area contributed by atoms with Crippen LogP contribution in [0.15, 0.2) is 0 Å². The van der Waals surface area contributed by atoms with Crippen LogP contribution in [0.5, 0.6) is 0 Å². The smallest absolute Gasteiger partial charge is 0.319 e. The highest BCUT2D eigenvalue weighted by Crippen LogP contribution is 2.37. The Bertz CT molecular complexity index is 769. The quantitative estimate of drug-likeness (QED) is 0.305. The summed E-state index contributed by atoms with van der Waals surface area (Å²) in [5.41, 5.74) is -2.74. The number of carboxylic acid groups (broad SMARTS) is 2. The van der Waals surface area contributed by atoms with Crippen LogP contribution in [-0.2, 0) is 43.0 Å². The van der Waals surface area contributed by atoms with Crippen molar-refractivity contribution in [2.24, 2.45) is 10.8 Å². The fourth-order valence-electron chi connectivity index (χ4n) is 3.66. The van der Waals surface area contributed by atoms with E-state index in [1.807, 2.05) is 0 Å². The number of aliphatic carboxylic acids is 2. The molecule has 1 fully saturated rings. The average molecular weight is 487 g/mol. The first-order chi connectivity index (χ1) is 15.8. The van der Waals surface area contributed by atoms with Crippen LogP contribution in [0.25, 0.3) is 0 Å². The Morgan fingerprint density at radius 1 is 0.853 bits per heavy atom. The van der Waals surface area contributed by atoms with Gasteiger partial charge in [0.2, 0.25) is 0 Å². The molecule has 1 rings (SSSR count). The molecule has 1 aliphatic carbocycles. The van der Waals surface area contributed by atoms with Crippen molar-refractivity contribution in [3.63, 3.8) is 0 Å². The van der Waals surface area contributed by atoms with E-state index < -0.39 is 53.3 Å². The first kappa shape index (κ1) is 30.9. The van der Waals surface area contributed by atoms with Gasteiger partial charge in [-0.25, -0.2) is 0 Å². The van der Waals surface area contributed by atoms with E-state index in [1.165, 1.54) is 6.92 Å². The number of rotatable bonds is 12. The van der Waals surface area contributed by atoms with E-state index in [2.05, 4.69) is 0 Å². The summed E-state index contributed by atoms with van der Waals surface area (Å²) in [6, 6.07) is 0. The molecule has 0 aromatic carbocycles. The molecule has 0 bridgehead atoms. The predicted molar refractivity (Wildman–Crippen MR) is 117 cm³/mol. The minimum absolute atomic E-state index is 0.0357. The molecule has 0 spiro atoms. The Morgan fingerprint density at radius 3 is 1.62 bits per heavy atom. The van der Waals surface area contributed by atoms with E-state index in [9.17, 15) is 33.6 Å². The SMILES string of the molecule is CCOC(=O)C(CCC(=O)O)(CCC(=O)O)C(C)=O.CCOC(=O)C1(C(C)=O)CCC(=O)CC1. The number of ether oxygens (including phenoxy) is 2. The average Bonchev–Trinajstić information content (AvgIpc) is 2.74. The third kappa shape index (κ3) is 8.68. The highest BCUT2D eigenvalue weighted by molar-refractivity contribution is 6.04. The van der Waals surface area contributed by atoms with Gasteiger partial charge in [-0.05, 0) is 53.4 Å². The first-order valence-electron chi connectivity index (χ1n) is 11.1. The van der Waals surface area contributed by atoms with E-state index in [0.717, 1.165) is 6.92 Å².